The fourth-order valence-electron chi connectivity index (χ4n) is 1.57. The van der Waals surface area contributed by atoms with E-state index in [4.69, 9.17) is 10.5 Å². The van der Waals surface area contributed by atoms with Gasteiger partial charge in [0.15, 0.2) is 0 Å². The summed E-state index contributed by atoms with van der Waals surface area (Å²) < 4.78 is 5.72. The molecule has 0 spiro atoms. The van der Waals surface area contributed by atoms with Crippen molar-refractivity contribution in [3.8, 4) is 5.75 Å². The van der Waals surface area contributed by atoms with E-state index >= 15 is 0 Å². The van der Waals surface area contributed by atoms with E-state index in [0.29, 0.717) is 6.61 Å². The van der Waals surface area contributed by atoms with Gasteiger partial charge in [-0.05, 0) is 36.2 Å². The molecule has 0 aliphatic rings. The normalized spacial score (nSPS) is 9.47. The van der Waals surface area contributed by atoms with Crippen LogP contribution < -0.4 is 10.5 Å². The standard InChI is InChI=1S/C14H15NO.ClH/c1-11-9-13(15)7-8-14(11)16-10-12-5-3-2-4-6-12;/h2-9H,10,15H2,1H3;1H. The molecule has 0 heterocycles. The molecule has 0 bridgehead atoms. The lowest BCUT2D eigenvalue weighted by atomic mass is 10.2. The smallest absolute Gasteiger partial charge is 0.122 e. The van der Waals surface area contributed by atoms with E-state index in [2.05, 4.69) is 0 Å². The van der Waals surface area contributed by atoms with E-state index in [-0.39, 0.29) is 12.4 Å². The third-order valence-electron chi connectivity index (χ3n) is 2.44. The van der Waals surface area contributed by atoms with Crippen molar-refractivity contribution in [1.82, 2.24) is 0 Å². The zero-order chi connectivity index (χ0) is 11.4. The summed E-state index contributed by atoms with van der Waals surface area (Å²) in [5.41, 5.74) is 8.68. The minimum Gasteiger partial charge on any atom is -0.489 e. The van der Waals surface area contributed by atoms with Crippen molar-refractivity contribution >= 4 is 18.1 Å². The van der Waals surface area contributed by atoms with E-state index in [1.165, 1.54) is 5.56 Å². The Morgan fingerprint density at radius 2 is 1.76 bits per heavy atom. The summed E-state index contributed by atoms with van der Waals surface area (Å²) in [6.45, 7) is 2.59. The van der Waals surface area contributed by atoms with Gasteiger partial charge < -0.3 is 10.5 Å². The van der Waals surface area contributed by atoms with Crippen molar-refractivity contribution in [1.29, 1.82) is 0 Å². The van der Waals surface area contributed by atoms with Crippen LogP contribution in [0, 0.1) is 6.92 Å². The molecule has 0 unspecified atom stereocenters. The number of rotatable bonds is 3. The average molecular weight is 250 g/mol. The fraction of sp³-hybridized carbons (Fsp3) is 0.143. The van der Waals surface area contributed by atoms with Gasteiger partial charge in [0.2, 0.25) is 0 Å². The van der Waals surface area contributed by atoms with Gasteiger partial charge in [0.25, 0.3) is 0 Å². The Bertz CT molecular complexity index is 471. The fourth-order valence-corrected chi connectivity index (χ4v) is 1.57. The number of nitrogen functional groups attached to an aromatic ring is 1. The zero-order valence-electron chi connectivity index (χ0n) is 9.72. The summed E-state index contributed by atoms with van der Waals surface area (Å²) in [7, 11) is 0. The van der Waals surface area contributed by atoms with Crippen LogP contribution in [0.25, 0.3) is 0 Å². The molecule has 0 aliphatic carbocycles. The summed E-state index contributed by atoms with van der Waals surface area (Å²) in [6, 6.07) is 15.8. The molecule has 0 saturated carbocycles. The van der Waals surface area contributed by atoms with Crippen molar-refractivity contribution in [3.63, 3.8) is 0 Å². The zero-order valence-corrected chi connectivity index (χ0v) is 10.5. The number of benzene rings is 2. The number of nitrogens with two attached hydrogens (primary N) is 1. The van der Waals surface area contributed by atoms with Crippen LogP contribution in [0.15, 0.2) is 48.5 Å². The van der Waals surface area contributed by atoms with Gasteiger partial charge in [-0.3, -0.25) is 0 Å². The monoisotopic (exact) mass is 249 g/mol. The molecule has 0 fully saturated rings. The van der Waals surface area contributed by atoms with Crippen LogP contribution in [0.1, 0.15) is 11.1 Å². The van der Waals surface area contributed by atoms with Crippen LogP contribution in [-0.2, 0) is 6.61 Å². The van der Waals surface area contributed by atoms with Crippen LogP contribution in [0.3, 0.4) is 0 Å². The molecule has 0 saturated heterocycles. The van der Waals surface area contributed by atoms with E-state index in [1.807, 2.05) is 55.5 Å². The predicted octanol–water partition coefficient (Wildman–Crippen LogP) is 3.58. The van der Waals surface area contributed by atoms with E-state index in [1.54, 1.807) is 0 Å². The summed E-state index contributed by atoms with van der Waals surface area (Å²) in [4.78, 5) is 0. The number of hydrogen-bond donors (Lipinski definition) is 1. The lowest BCUT2D eigenvalue weighted by Crippen LogP contribution is -1.97. The van der Waals surface area contributed by atoms with Gasteiger partial charge in [-0.1, -0.05) is 30.3 Å². The van der Waals surface area contributed by atoms with Crippen molar-refractivity contribution in [2.45, 2.75) is 13.5 Å². The molecule has 2 rings (SSSR count). The Morgan fingerprint density at radius 3 is 2.41 bits per heavy atom. The Hall–Kier alpha value is -1.67. The van der Waals surface area contributed by atoms with E-state index < -0.39 is 0 Å². The van der Waals surface area contributed by atoms with Gasteiger partial charge >= 0.3 is 0 Å². The first-order valence-electron chi connectivity index (χ1n) is 5.28. The van der Waals surface area contributed by atoms with Crippen molar-refractivity contribution < 1.29 is 4.74 Å². The maximum Gasteiger partial charge on any atom is 0.122 e. The first-order chi connectivity index (χ1) is 7.75. The molecule has 0 aliphatic heterocycles. The van der Waals surface area contributed by atoms with Gasteiger partial charge in [0.1, 0.15) is 12.4 Å². The maximum atomic E-state index is 5.72. The molecule has 0 atom stereocenters. The highest BCUT2D eigenvalue weighted by Crippen LogP contribution is 2.21. The molecule has 3 heteroatoms. The molecule has 0 radical (unpaired) electrons. The second kappa shape index (κ2) is 6.16. The van der Waals surface area contributed by atoms with Gasteiger partial charge in [-0.2, -0.15) is 0 Å². The lowest BCUT2D eigenvalue weighted by molar-refractivity contribution is 0.304. The van der Waals surface area contributed by atoms with Gasteiger partial charge in [0.05, 0.1) is 0 Å². The van der Waals surface area contributed by atoms with Crippen LogP contribution in [0.5, 0.6) is 5.75 Å². The number of ether oxygens (including phenoxy) is 1. The SMILES string of the molecule is Cc1cc(N)ccc1OCc1ccccc1.Cl. The first-order valence-corrected chi connectivity index (χ1v) is 5.28. The summed E-state index contributed by atoms with van der Waals surface area (Å²) in [5.74, 6) is 0.887. The molecule has 0 amide bonds. The summed E-state index contributed by atoms with van der Waals surface area (Å²) >= 11 is 0. The van der Waals surface area contributed by atoms with E-state index in [0.717, 1.165) is 17.0 Å². The Morgan fingerprint density at radius 1 is 1.06 bits per heavy atom. The highest BCUT2D eigenvalue weighted by Gasteiger charge is 2.00. The summed E-state index contributed by atoms with van der Waals surface area (Å²) in [5, 5.41) is 0. The minimum atomic E-state index is 0. The van der Waals surface area contributed by atoms with Crippen molar-refractivity contribution in [2.24, 2.45) is 0 Å². The quantitative estimate of drug-likeness (QED) is 0.844. The van der Waals surface area contributed by atoms with E-state index in [9.17, 15) is 0 Å². The Balaban J connectivity index is 0.00000144. The van der Waals surface area contributed by atoms with Crippen LogP contribution in [-0.4, -0.2) is 0 Å². The second-order valence-corrected chi connectivity index (χ2v) is 3.80. The second-order valence-electron chi connectivity index (χ2n) is 3.80. The lowest BCUT2D eigenvalue weighted by Gasteiger charge is -2.09. The average Bonchev–Trinajstić information content (AvgIpc) is 2.29. The van der Waals surface area contributed by atoms with Gasteiger partial charge in [-0.25, -0.2) is 0 Å². The summed E-state index contributed by atoms with van der Waals surface area (Å²) in [6.07, 6.45) is 0. The maximum absolute atomic E-state index is 5.72. The van der Waals surface area contributed by atoms with Crippen LogP contribution in [0.4, 0.5) is 5.69 Å². The Labute approximate surface area is 108 Å². The largest absolute Gasteiger partial charge is 0.489 e. The van der Waals surface area contributed by atoms with Gasteiger partial charge in [-0.15, -0.1) is 12.4 Å². The van der Waals surface area contributed by atoms with Crippen LogP contribution >= 0.6 is 12.4 Å². The molecule has 17 heavy (non-hydrogen) atoms. The van der Waals surface area contributed by atoms with Crippen molar-refractivity contribution in [3.05, 3.63) is 59.7 Å². The van der Waals surface area contributed by atoms with Crippen LogP contribution in [0.2, 0.25) is 0 Å². The number of hydrogen-bond acceptors (Lipinski definition) is 2. The molecular weight excluding hydrogens is 234 g/mol. The first kappa shape index (κ1) is 13.4. The topological polar surface area (TPSA) is 35.2 Å². The minimum absolute atomic E-state index is 0. The molecule has 2 nitrogen and oxygen atoms in total. The number of aryl methyl sites for hydroxylation is 1. The number of anilines is 1. The highest BCUT2D eigenvalue weighted by molar-refractivity contribution is 5.85. The molecular formula is C14H16ClNO. The van der Waals surface area contributed by atoms with Crippen molar-refractivity contribution in [2.75, 3.05) is 5.73 Å². The molecule has 2 aromatic carbocycles. The Kier molecular flexibility index (Phi) is 4.85. The number of halogens is 1. The molecule has 0 aromatic heterocycles. The third-order valence-corrected chi connectivity index (χ3v) is 2.44. The highest BCUT2D eigenvalue weighted by atomic mass is 35.5. The van der Waals surface area contributed by atoms with Gasteiger partial charge in [0, 0.05) is 5.69 Å². The molecule has 2 aromatic rings. The molecule has 2 N–H and O–H groups in total. The predicted molar refractivity (Wildman–Crippen MR) is 73.6 cm³/mol. The third kappa shape index (κ3) is 3.68. The molecule has 90 valence electrons.